The van der Waals surface area contributed by atoms with E-state index < -0.39 is 0 Å². The Labute approximate surface area is 128 Å². The molecule has 1 aromatic carbocycles. The minimum absolute atomic E-state index is 0.125. The number of nitriles is 1. The van der Waals surface area contributed by atoms with Gasteiger partial charge in [-0.1, -0.05) is 30.3 Å². The monoisotopic (exact) mass is 296 g/mol. The lowest BCUT2D eigenvalue weighted by Crippen LogP contribution is -2.27. The Morgan fingerprint density at radius 3 is 2.57 bits per heavy atom. The van der Waals surface area contributed by atoms with Crippen molar-refractivity contribution in [1.29, 1.82) is 5.26 Å². The summed E-state index contributed by atoms with van der Waals surface area (Å²) >= 11 is 1.56. The Kier molecular flexibility index (Phi) is 4.91. The van der Waals surface area contributed by atoms with Crippen molar-refractivity contribution in [2.75, 3.05) is 0 Å². The fourth-order valence-electron chi connectivity index (χ4n) is 1.92. The first-order chi connectivity index (χ1) is 10.1. The highest BCUT2D eigenvalue weighted by molar-refractivity contribution is 7.12. The third-order valence-corrected chi connectivity index (χ3v) is 4.01. The van der Waals surface area contributed by atoms with E-state index in [1.807, 2.05) is 62.4 Å². The van der Waals surface area contributed by atoms with E-state index in [0.29, 0.717) is 0 Å². The molecule has 0 fully saturated rings. The van der Waals surface area contributed by atoms with Gasteiger partial charge in [-0.25, -0.2) is 0 Å². The number of carbonyl (C=O) groups is 1. The largest absolute Gasteiger partial charge is 0.345 e. The number of rotatable bonds is 4. The van der Waals surface area contributed by atoms with Crippen LogP contribution in [0, 0.1) is 18.3 Å². The molecule has 1 aromatic heterocycles. The lowest BCUT2D eigenvalue weighted by Gasteiger charge is -2.13. The Bertz CT molecular complexity index is 695. The van der Waals surface area contributed by atoms with Crippen LogP contribution < -0.4 is 5.32 Å². The smallest absolute Gasteiger partial charge is 0.262 e. The Morgan fingerprint density at radius 1 is 1.29 bits per heavy atom. The molecular formula is C17H16N2OS. The van der Waals surface area contributed by atoms with Gasteiger partial charge in [0.25, 0.3) is 5.91 Å². The van der Waals surface area contributed by atoms with Gasteiger partial charge in [-0.2, -0.15) is 5.26 Å². The molecule has 1 amide bonds. The molecule has 3 nitrogen and oxygen atoms in total. The van der Waals surface area contributed by atoms with Crippen LogP contribution in [0.2, 0.25) is 0 Å². The summed E-state index contributed by atoms with van der Waals surface area (Å²) in [6.45, 7) is 3.89. The lowest BCUT2D eigenvalue weighted by molar-refractivity contribution is -0.117. The van der Waals surface area contributed by atoms with E-state index in [-0.39, 0.29) is 17.5 Å². The number of benzene rings is 1. The zero-order valence-electron chi connectivity index (χ0n) is 12.0. The van der Waals surface area contributed by atoms with Crippen molar-refractivity contribution in [2.24, 2.45) is 0 Å². The highest BCUT2D eigenvalue weighted by Crippen LogP contribution is 2.19. The van der Waals surface area contributed by atoms with E-state index in [4.69, 9.17) is 0 Å². The second kappa shape index (κ2) is 6.87. The molecule has 0 bridgehead atoms. The number of aryl methyl sites for hydroxylation is 1. The molecule has 106 valence electrons. The van der Waals surface area contributed by atoms with E-state index in [2.05, 4.69) is 5.32 Å². The molecule has 0 spiro atoms. The maximum atomic E-state index is 12.2. The molecule has 0 aliphatic rings. The number of hydrogen-bond acceptors (Lipinski definition) is 3. The summed E-state index contributed by atoms with van der Waals surface area (Å²) in [4.78, 5) is 14.2. The summed E-state index contributed by atoms with van der Waals surface area (Å²) in [5, 5.41) is 12.0. The number of thiophene rings is 1. The average molecular weight is 296 g/mol. The van der Waals surface area contributed by atoms with Gasteiger partial charge < -0.3 is 5.32 Å². The van der Waals surface area contributed by atoms with Gasteiger partial charge in [-0.05, 0) is 37.6 Å². The number of amides is 1. The maximum Gasteiger partial charge on any atom is 0.262 e. The zero-order valence-corrected chi connectivity index (χ0v) is 12.8. The standard InChI is InChI=1S/C17H16N2OS/c1-12-8-9-16(21-12)10-15(11-18)17(20)19-13(2)14-6-4-3-5-7-14/h3-10,13H,1-2H3,(H,19,20)/b15-10+. The van der Waals surface area contributed by atoms with Crippen molar-refractivity contribution in [2.45, 2.75) is 19.9 Å². The van der Waals surface area contributed by atoms with Crippen molar-refractivity contribution in [3.8, 4) is 6.07 Å². The van der Waals surface area contributed by atoms with Gasteiger partial charge in [-0.15, -0.1) is 11.3 Å². The van der Waals surface area contributed by atoms with Crippen LogP contribution in [0.3, 0.4) is 0 Å². The van der Waals surface area contributed by atoms with Gasteiger partial charge in [0.15, 0.2) is 0 Å². The third kappa shape index (κ3) is 4.04. The molecule has 1 heterocycles. The van der Waals surface area contributed by atoms with E-state index in [0.717, 1.165) is 15.3 Å². The van der Waals surface area contributed by atoms with Gasteiger partial charge in [0, 0.05) is 9.75 Å². The Hall–Kier alpha value is -2.38. The fraction of sp³-hybridized carbons (Fsp3) is 0.176. The number of carbonyl (C=O) groups excluding carboxylic acids is 1. The van der Waals surface area contributed by atoms with E-state index in [1.54, 1.807) is 17.4 Å². The SMILES string of the molecule is Cc1ccc(/C=C(\C#N)C(=O)NC(C)c2ccccc2)s1. The van der Waals surface area contributed by atoms with Crippen molar-refractivity contribution >= 4 is 23.3 Å². The first-order valence-corrected chi connectivity index (χ1v) is 7.46. The fourth-order valence-corrected chi connectivity index (χ4v) is 2.74. The summed E-state index contributed by atoms with van der Waals surface area (Å²) in [6, 6.07) is 15.4. The van der Waals surface area contributed by atoms with Crippen LogP contribution in [-0.4, -0.2) is 5.91 Å². The molecule has 0 saturated carbocycles. The molecule has 21 heavy (non-hydrogen) atoms. The van der Waals surface area contributed by atoms with Gasteiger partial charge in [0.2, 0.25) is 0 Å². The predicted molar refractivity (Wildman–Crippen MR) is 85.6 cm³/mol. The topological polar surface area (TPSA) is 52.9 Å². The Morgan fingerprint density at radius 2 is 2.00 bits per heavy atom. The van der Waals surface area contributed by atoms with Crippen LogP contribution in [0.1, 0.15) is 28.3 Å². The maximum absolute atomic E-state index is 12.2. The zero-order chi connectivity index (χ0) is 15.2. The average Bonchev–Trinajstić information content (AvgIpc) is 2.90. The van der Waals surface area contributed by atoms with Crippen molar-refractivity contribution in [3.63, 3.8) is 0 Å². The Balaban J connectivity index is 2.11. The normalized spacial score (nSPS) is 12.5. The van der Waals surface area contributed by atoms with Crippen LogP contribution in [0.25, 0.3) is 6.08 Å². The quantitative estimate of drug-likeness (QED) is 0.688. The van der Waals surface area contributed by atoms with E-state index >= 15 is 0 Å². The number of hydrogen-bond donors (Lipinski definition) is 1. The molecule has 1 atom stereocenters. The molecule has 0 saturated heterocycles. The van der Waals surface area contributed by atoms with E-state index in [9.17, 15) is 10.1 Å². The third-order valence-electron chi connectivity index (χ3n) is 3.06. The number of nitrogens with one attached hydrogen (secondary N) is 1. The van der Waals surface area contributed by atoms with Crippen molar-refractivity contribution < 1.29 is 4.79 Å². The predicted octanol–water partition coefficient (Wildman–Crippen LogP) is 3.84. The number of nitrogens with zero attached hydrogens (tertiary/aromatic N) is 1. The lowest BCUT2D eigenvalue weighted by atomic mass is 10.1. The second-order valence-electron chi connectivity index (χ2n) is 4.72. The minimum Gasteiger partial charge on any atom is -0.345 e. The van der Waals surface area contributed by atoms with E-state index in [1.165, 1.54) is 0 Å². The summed E-state index contributed by atoms with van der Waals surface area (Å²) in [7, 11) is 0. The molecule has 4 heteroatoms. The summed E-state index contributed by atoms with van der Waals surface area (Å²) in [5.74, 6) is -0.347. The molecule has 2 aromatic rings. The first-order valence-electron chi connectivity index (χ1n) is 6.64. The van der Waals surface area contributed by atoms with Crippen LogP contribution in [-0.2, 0) is 4.79 Å². The van der Waals surface area contributed by atoms with Crippen LogP contribution >= 0.6 is 11.3 Å². The molecule has 0 aliphatic heterocycles. The van der Waals surface area contributed by atoms with Crippen LogP contribution in [0.4, 0.5) is 0 Å². The minimum atomic E-state index is -0.347. The second-order valence-corrected chi connectivity index (χ2v) is 6.04. The molecule has 2 rings (SSSR count). The van der Waals surface area contributed by atoms with Gasteiger partial charge >= 0.3 is 0 Å². The summed E-state index contributed by atoms with van der Waals surface area (Å²) < 4.78 is 0. The summed E-state index contributed by atoms with van der Waals surface area (Å²) in [5.41, 5.74) is 1.13. The van der Waals surface area contributed by atoms with Crippen molar-refractivity contribution in [3.05, 3.63) is 63.4 Å². The van der Waals surface area contributed by atoms with Gasteiger partial charge in [0.1, 0.15) is 11.6 Å². The molecular weight excluding hydrogens is 280 g/mol. The summed E-state index contributed by atoms with van der Waals surface area (Å²) in [6.07, 6.45) is 1.63. The highest BCUT2D eigenvalue weighted by atomic mass is 32.1. The highest BCUT2D eigenvalue weighted by Gasteiger charge is 2.13. The van der Waals surface area contributed by atoms with Crippen LogP contribution in [0.15, 0.2) is 48.0 Å². The van der Waals surface area contributed by atoms with Crippen LogP contribution in [0.5, 0.6) is 0 Å². The van der Waals surface area contributed by atoms with Gasteiger partial charge in [-0.3, -0.25) is 4.79 Å². The molecule has 0 radical (unpaired) electrons. The molecule has 1 unspecified atom stereocenters. The van der Waals surface area contributed by atoms with Crippen molar-refractivity contribution in [1.82, 2.24) is 5.32 Å². The molecule has 0 aliphatic carbocycles. The van der Waals surface area contributed by atoms with Gasteiger partial charge in [0.05, 0.1) is 6.04 Å². The first kappa shape index (κ1) is 15.0. The molecule has 1 N–H and O–H groups in total.